The van der Waals surface area contributed by atoms with Crippen LogP contribution in [-0.2, 0) is 0 Å². The average molecular weight is 347 g/mol. The predicted octanol–water partition coefficient (Wildman–Crippen LogP) is 4.63. The maximum absolute atomic E-state index is 13.4. The van der Waals surface area contributed by atoms with Crippen LogP contribution in [0.1, 0.15) is 10.4 Å². The minimum atomic E-state index is -0.706. The van der Waals surface area contributed by atoms with Crippen LogP contribution in [0.4, 0.5) is 14.5 Å². The maximum atomic E-state index is 13.4. The first-order valence-corrected chi connectivity index (χ1v) is 6.36. The highest BCUT2D eigenvalue weighted by Gasteiger charge is 2.11. The Labute approximate surface area is 121 Å². The molecule has 0 spiro atoms. The van der Waals surface area contributed by atoms with E-state index in [9.17, 15) is 13.6 Å². The number of carbonyl (C=O) groups excluding carboxylic acids is 1. The molecule has 0 bridgehead atoms. The van der Waals surface area contributed by atoms with Crippen molar-refractivity contribution in [1.29, 1.82) is 0 Å². The van der Waals surface area contributed by atoms with Crippen molar-refractivity contribution < 1.29 is 13.6 Å². The molecule has 0 aliphatic rings. The largest absolute Gasteiger partial charge is 0.319 e. The number of amides is 1. The Kier molecular flexibility index (Phi) is 4.17. The lowest BCUT2D eigenvalue weighted by Gasteiger charge is -2.07. The van der Waals surface area contributed by atoms with E-state index in [1.54, 1.807) is 0 Å². The molecular weight excluding hydrogens is 340 g/mol. The maximum Gasteiger partial charge on any atom is 0.255 e. The molecular formula is C13H7BrClF2NO. The molecule has 2 rings (SSSR count). The zero-order valence-corrected chi connectivity index (χ0v) is 11.7. The first-order valence-electron chi connectivity index (χ1n) is 5.19. The van der Waals surface area contributed by atoms with Gasteiger partial charge in [-0.05, 0) is 46.3 Å². The Morgan fingerprint density at radius 3 is 2.58 bits per heavy atom. The van der Waals surface area contributed by atoms with Crippen LogP contribution in [0.15, 0.2) is 40.9 Å². The molecule has 2 aromatic carbocycles. The molecule has 2 nitrogen and oxygen atoms in total. The summed E-state index contributed by atoms with van der Waals surface area (Å²) in [7, 11) is 0. The molecule has 0 saturated carbocycles. The third kappa shape index (κ3) is 3.30. The van der Waals surface area contributed by atoms with Gasteiger partial charge in [0.2, 0.25) is 0 Å². The molecule has 98 valence electrons. The van der Waals surface area contributed by atoms with Crippen molar-refractivity contribution in [2.45, 2.75) is 0 Å². The van der Waals surface area contributed by atoms with Crippen LogP contribution in [0.25, 0.3) is 0 Å². The second kappa shape index (κ2) is 5.67. The van der Waals surface area contributed by atoms with Gasteiger partial charge in [0.1, 0.15) is 11.6 Å². The molecule has 0 heterocycles. The van der Waals surface area contributed by atoms with Crippen LogP contribution in [0, 0.1) is 11.6 Å². The predicted molar refractivity (Wildman–Crippen MR) is 73.5 cm³/mol. The molecule has 1 N–H and O–H groups in total. The molecule has 1 amide bonds. The van der Waals surface area contributed by atoms with E-state index >= 15 is 0 Å². The summed E-state index contributed by atoms with van der Waals surface area (Å²) >= 11 is 8.98. The van der Waals surface area contributed by atoms with E-state index in [4.69, 9.17) is 11.6 Å². The van der Waals surface area contributed by atoms with Gasteiger partial charge in [-0.2, -0.15) is 0 Å². The fourth-order valence-electron chi connectivity index (χ4n) is 1.43. The minimum Gasteiger partial charge on any atom is -0.319 e. The van der Waals surface area contributed by atoms with Crippen molar-refractivity contribution in [2.24, 2.45) is 0 Å². The first-order chi connectivity index (χ1) is 8.97. The molecule has 19 heavy (non-hydrogen) atoms. The quantitative estimate of drug-likeness (QED) is 0.844. The molecule has 0 aliphatic heterocycles. The smallest absolute Gasteiger partial charge is 0.255 e. The Hall–Kier alpha value is -1.46. The van der Waals surface area contributed by atoms with Crippen LogP contribution in [0.2, 0.25) is 5.02 Å². The number of rotatable bonds is 2. The van der Waals surface area contributed by atoms with Crippen molar-refractivity contribution in [3.05, 3.63) is 63.1 Å². The van der Waals surface area contributed by atoms with Crippen molar-refractivity contribution in [3.63, 3.8) is 0 Å². The Balaban J connectivity index is 2.25. The van der Waals surface area contributed by atoms with Crippen molar-refractivity contribution >= 4 is 39.1 Å². The second-order valence-corrected chi connectivity index (χ2v) is 4.97. The van der Waals surface area contributed by atoms with Gasteiger partial charge in [-0.15, -0.1) is 0 Å². The average Bonchev–Trinajstić information content (AvgIpc) is 2.37. The zero-order valence-electron chi connectivity index (χ0n) is 9.38. The minimum absolute atomic E-state index is 0.212. The van der Waals surface area contributed by atoms with E-state index in [0.717, 1.165) is 18.2 Å². The molecule has 0 radical (unpaired) electrons. The molecule has 0 aliphatic carbocycles. The summed E-state index contributed by atoms with van der Waals surface area (Å²) in [5.74, 6) is -1.89. The molecule has 0 unspecified atom stereocenters. The van der Waals surface area contributed by atoms with E-state index in [-0.39, 0.29) is 11.3 Å². The SMILES string of the molecule is O=C(Nc1cc(F)ccc1F)c1ccc(Cl)c(Br)c1. The fraction of sp³-hybridized carbons (Fsp3) is 0. The van der Waals surface area contributed by atoms with Gasteiger partial charge in [0.05, 0.1) is 10.7 Å². The number of anilines is 1. The molecule has 0 saturated heterocycles. The molecule has 0 fully saturated rings. The lowest BCUT2D eigenvalue weighted by molar-refractivity contribution is 0.102. The molecule has 2 aromatic rings. The number of carbonyl (C=O) groups is 1. The van der Waals surface area contributed by atoms with E-state index in [1.165, 1.54) is 18.2 Å². The van der Waals surface area contributed by atoms with Crippen molar-refractivity contribution in [1.82, 2.24) is 0 Å². The highest BCUT2D eigenvalue weighted by molar-refractivity contribution is 9.10. The third-order valence-electron chi connectivity index (χ3n) is 2.36. The summed E-state index contributed by atoms with van der Waals surface area (Å²) < 4.78 is 26.9. The van der Waals surface area contributed by atoms with Gasteiger partial charge in [-0.1, -0.05) is 11.6 Å². The van der Waals surface area contributed by atoms with Crippen LogP contribution in [0.5, 0.6) is 0 Å². The van der Waals surface area contributed by atoms with E-state index < -0.39 is 17.5 Å². The van der Waals surface area contributed by atoms with Crippen LogP contribution in [-0.4, -0.2) is 5.91 Å². The van der Waals surface area contributed by atoms with Gasteiger partial charge >= 0.3 is 0 Å². The Morgan fingerprint density at radius 1 is 1.16 bits per heavy atom. The van der Waals surface area contributed by atoms with E-state index in [0.29, 0.717) is 9.50 Å². The standard InChI is InChI=1S/C13H7BrClF2NO/c14-9-5-7(1-3-10(9)15)13(19)18-12-6-8(16)2-4-11(12)17/h1-6H,(H,18,19). The molecule has 6 heteroatoms. The fourth-order valence-corrected chi connectivity index (χ4v) is 1.92. The van der Waals surface area contributed by atoms with E-state index in [1.807, 2.05) is 0 Å². The summed E-state index contributed by atoms with van der Waals surface area (Å²) in [4.78, 5) is 11.9. The van der Waals surface area contributed by atoms with Crippen LogP contribution in [0.3, 0.4) is 0 Å². The topological polar surface area (TPSA) is 29.1 Å². The van der Waals surface area contributed by atoms with E-state index in [2.05, 4.69) is 21.2 Å². The molecule has 0 atom stereocenters. The van der Waals surface area contributed by atoms with Gasteiger partial charge in [-0.3, -0.25) is 4.79 Å². The van der Waals surface area contributed by atoms with Gasteiger partial charge in [0.15, 0.2) is 0 Å². The van der Waals surface area contributed by atoms with Crippen molar-refractivity contribution in [3.8, 4) is 0 Å². The summed E-state index contributed by atoms with van der Waals surface area (Å²) in [5, 5.41) is 2.75. The summed E-state index contributed by atoms with van der Waals surface area (Å²) in [6.07, 6.45) is 0. The van der Waals surface area contributed by atoms with Crippen LogP contribution < -0.4 is 5.32 Å². The van der Waals surface area contributed by atoms with Crippen LogP contribution >= 0.6 is 27.5 Å². The number of hydrogen-bond acceptors (Lipinski definition) is 1. The summed E-state index contributed by atoms with van der Waals surface area (Å²) in [5.41, 5.74) is 0.0657. The lowest BCUT2D eigenvalue weighted by Crippen LogP contribution is -2.13. The highest BCUT2D eigenvalue weighted by Crippen LogP contribution is 2.24. The third-order valence-corrected chi connectivity index (χ3v) is 3.57. The molecule has 0 aromatic heterocycles. The lowest BCUT2D eigenvalue weighted by atomic mass is 10.2. The number of hydrogen-bond donors (Lipinski definition) is 1. The zero-order chi connectivity index (χ0) is 14.0. The van der Waals surface area contributed by atoms with Gasteiger partial charge < -0.3 is 5.32 Å². The normalized spacial score (nSPS) is 10.3. The first kappa shape index (κ1) is 14.0. The van der Waals surface area contributed by atoms with Crippen molar-refractivity contribution in [2.75, 3.05) is 5.32 Å². The monoisotopic (exact) mass is 345 g/mol. The van der Waals surface area contributed by atoms with Gasteiger partial charge in [0, 0.05) is 16.1 Å². The Bertz CT molecular complexity index is 649. The second-order valence-electron chi connectivity index (χ2n) is 3.71. The number of nitrogens with one attached hydrogen (secondary N) is 1. The van der Waals surface area contributed by atoms with Gasteiger partial charge in [-0.25, -0.2) is 8.78 Å². The summed E-state index contributed by atoms with van der Waals surface area (Å²) in [6.45, 7) is 0. The number of halogens is 4. The summed E-state index contributed by atoms with van der Waals surface area (Å²) in [6, 6.07) is 7.35. The van der Waals surface area contributed by atoms with Gasteiger partial charge in [0.25, 0.3) is 5.91 Å². The highest BCUT2D eigenvalue weighted by atomic mass is 79.9. The number of benzene rings is 2. The Morgan fingerprint density at radius 2 is 1.89 bits per heavy atom.